The van der Waals surface area contributed by atoms with Crippen LogP contribution in [0.15, 0.2) is 56.4 Å². The molecule has 1 atom stereocenters. The third-order valence-electron chi connectivity index (χ3n) is 2.88. The van der Waals surface area contributed by atoms with Gasteiger partial charge in [0, 0.05) is 9.37 Å². The molecule has 23 heavy (non-hydrogen) atoms. The van der Waals surface area contributed by atoms with Crippen LogP contribution in [0.25, 0.3) is 0 Å². The molecule has 0 aliphatic carbocycles. The van der Waals surface area contributed by atoms with Gasteiger partial charge in [-0.3, -0.25) is 9.59 Å². The fourth-order valence-electron chi connectivity index (χ4n) is 1.75. The summed E-state index contributed by atoms with van der Waals surface area (Å²) < 4.78 is 11.1. The van der Waals surface area contributed by atoms with Gasteiger partial charge in [0.15, 0.2) is 6.61 Å². The molecule has 0 spiro atoms. The number of nitrogens with one attached hydrogen (secondary N) is 1. The topological polar surface area (TPSA) is 68.5 Å². The second-order valence-corrected chi connectivity index (χ2v) is 6.67. The number of benzene rings is 1. The molecule has 122 valence electrons. The van der Waals surface area contributed by atoms with Gasteiger partial charge in [-0.2, -0.15) is 0 Å². The molecule has 1 amide bonds. The van der Waals surface area contributed by atoms with Crippen LogP contribution in [0.5, 0.6) is 0 Å². The molecule has 2 rings (SSSR count). The minimum absolute atomic E-state index is 0.155. The Labute approximate surface area is 146 Å². The first kappa shape index (κ1) is 17.6. The van der Waals surface area contributed by atoms with E-state index in [0.29, 0.717) is 5.76 Å². The van der Waals surface area contributed by atoms with Crippen molar-refractivity contribution in [1.29, 1.82) is 0 Å². The molecule has 0 saturated heterocycles. The molecule has 7 heteroatoms. The van der Waals surface area contributed by atoms with Crippen molar-refractivity contribution < 1.29 is 18.7 Å². The highest BCUT2D eigenvalue weighted by Gasteiger charge is 2.13. The molecule has 2 aromatic rings. The molecule has 0 radical (unpaired) electrons. The summed E-state index contributed by atoms with van der Waals surface area (Å²) in [6, 6.07) is 10.9. The maximum atomic E-state index is 11.7. The smallest absolute Gasteiger partial charge is 0.316 e. The SMILES string of the molecule is C[C@@H](NC(=O)COC(=O)CSc1ccc(Br)cc1)c1ccco1. The number of thioether (sulfide) groups is 1. The Morgan fingerprint density at radius 2 is 2.04 bits per heavy atom. The zero-order chi connectivity index (χ0) is 16.7. The second kappa shape index (κ2) is 8.79. The van der Waals surface area contributed by atoms with Crippen LogP contribution in [0.1, 0.15) is 18.7 Å². The van der Waals surface area contributed by atoms with Gasteiger partial charge in [-0.15, -0.1) is 11.8 Å². The van der Waals surface area contributed by atoms with Gasteiger partial charge in [-0.1, -0.05) is 15.9 Å². The Bertz CT molecular complexity index is 643. The predicted octanol–water partition coefficient (Wildman–Crippen LogP) is 3.55. The predicted molar refractivity (Wildman–Crippen MR) is 91.1 cm³/mol. The van der Waals surface area contributed by atoms with Gasteiger partial charge in [0.25, 0.3) is 5.91 Å². The summed E-state index contributed by atoms with van der Waals surface area (Å²) in [5.41, 5.74) is 0. The summed E-state index contributed by atoms with van der Waals surface area (Å²) in [5.74, 6) is 0.00733. The first-order valence-corrected chi connectivity index (χ1v) is 8.69. The van der Waals surface area contributed by atoms with Crippen molar-refractivity contribution in [2.24, 2.45) is 0 Å². The van der Waals surface area contributed by atoms with Gasteiger partial charge in [-0.25, -0.2) is 0 Å². The number of halogens is 1. The van der Waals surface area contributed by atoms with Crippen molar-refractivity contribution in [3.05, 3.63) is 52.9 Å². The van der Waals surface area contributed by atoms with Crippen molar-refractivity contribution in [1.82, 2.24) is 5.32 Å². The Hall–Kier alpha value is -1.73. The van der Waals surface area contributed by atoms with E-state index in [2.05, 4.69) is 21.2 Å². The fourth-order valence-corrected chi connectivity index (χ4v) is 2.71. The Balaban J connectivity index is 1.67. The molecule has 5 nitrogen and oxygen atoms in total. The lowest BCUT2D eigenvalue weighted by Gasteiger charge is -2.11. The van der Waals surface area contributed by atoms with Crippen molar-refractivity contribution >= 4 is 39.6 Å². The van der Waals surface area contributed by atoms with Crippen molar-refractivity contribution in [3.8, 4) is 0 Å². The number of furan rings is 1. The Morgan fingerprint density at radius 1 is 1.30 bits per heavy atom. The zero-order valence-corrected chi connectivity index (χ0v) is 14.9. The lowest BCUT2D eigenvalue weighted by molar-refractivity contribution is -0.146. The zero-order valence-electron chi connectivity index (χ0n) is 12.5. The first-order chi connectivity index (χ1) is 11.0. The minimum atomic E-state index is -0.432. The van der Waals surface area contributed by atoms with Gasteiger partial charge >= 0.3 is 5.97 Å². The summed E-state index contributed by atoms with van der Waals surface area (Å²) in [4.78, 5) is 24.3. The van der Waals surface area contributed by atoms with E-state index in [4.69, 9.17) is 9.15 Å². The number of esters is 1. The van der Waals surface area contributed by atoms with Crippen LogP contribution in [0.4, 0.5) is 0 Å². The second-order valence-electron chi connectivity index (χ2n) is 4.71. The lowest BCUT2D eigenvalue weighted by atomic mass is 10.2. The highest BCUT2D eigenvalue weighted by Crippen LogP contribution is 2.20. The maximum absolute atomic E-state index is 11.7. The largest absolute Gasteiger partial charge is 0.467 e. The van der Waals surface area contributed by atoms with E-state index in [1.165, 1.54) is 18.0 Å². The van der Waals surface area contributed by atoms with Crippen molar-refractivity contribution in [3.63, 3.8) is 0 Å². The third kappa shape index (κ3) is 6.11. The maximum Gasteiger partial charge on any atom is 0.316 e. The van der Waals surface area contributed by atoms with Gasteiger partial charge < -0.3 is 14.5 Å². The standard InChI is InChI=1S/C16H16BrNO4S/c1-11(14-3-2-8-21-14)18-15(19)9-22-16(20)10-23-13-6-4-12(17)5-7-13/h2-8,11H,9-10H2,1H3,(H,18,19)/t11-/m1/s1. The number of hydrogen-bond acceptors (Lipinski definition) is 5. The number of ether oxygens (including phenoxy) is 1. The molecule has 1 aromatic heterocycles. The van der Waals surface area contributed by atoms with Crippen LogP contribution in [0.2, 0.25) is 0 Å². The molecular formula is C16H16BrNO4S. The Kier molecular flexibility index (Phi) is 6.73. The van der Waals surface area contributed by atoms with Gasteiger partial charge in [0.2, 0.25) is 0 Å². The van der Waals surface area contributed by atoms with Crippen LogP contribution >= 0.6 is 27.7 Å². The summed E-state index contributed by atoms with van der Waals surface area (Å²) in [7, 11) is 0. The van der Waals surface area contributed by atoms with E-state index in [9.17, 15) is 9.59 Å². The average molecular weight is 398 g/mol. The molecule has 0 fully saturated rings. The molecule has 0 saturated carbocycles. The number of carbonyl (C=O) groups excluding carboxylic acids is 2. The van der Waals surface area contributed by atoms with Gasteiger partial charge in [-0.05, 0) is 43.3 Å². The van der Waals surface area contributed by atoms with Crippen LogP contribution < -0.4 is 5.32 Å². The molecule has 0 aliphatic rings. The first-order valence-electron chi connectivity index (χ1n) is 6.91. The molecule has 0 aliphatic heterocycles. The van der Waals surface area contributed by atoms with Crippen molar-refractivity contribution in [2.45, 2.75) is 17.9 Å². The van der Waals surface area contributed by atoms with Crippen molar-refractivity contribution in [2.75, 3.05) is 12.4 Å². The minimum Gasteiger partial charge on any atom is -0.467 e. The normalized spacial score (nSPS) is 11.7. The van der Waals surface area contributed by atoms with E-state index in [1.54, 1.807) is 19.1 Å². The highest BCUT2D eigenvalue weighted by atomic mass is 79.9. The monoisotopic (exact) mass is 397 g/mol. The quantitative estimate of drug-likeness (QED) is 0.571. The van der Waals surface area contributed by atoms with Gasteiger partial charge in [0.1, 0.15) is 5.76 Å². The number of rotatable bonds is 7. The van der Waals surface area contributed by atoms with Crippen LogP contribution in [0, 0.1) is 0 Å². The third-order valence-corrected chi connectivity index (χ3v) is 4.40. The Morgan fingerprint density at radius 3 is 2.70 bits per heavy atom. The molecule has 1 aromatic carbocycles. The number of carbonyl (C=O) groups is 2. The molecule has 1 N–H and O–H groups in total. The van der Waals surface area contributed by atoms with Crippen LogP contribution in [-0.2, 0) is 14.3 Å². The van der Waals surface area contributed by atoms with Crippen LogP contribution in [-0.4, -0.2) is 24.2 Å². The summed E-state index contributed by atoms with van der Waals surface area (Å²) in [6.45, 7) is 1.49. The number of hydrogen-bond donors (Lipinski definition) is 1. The molecule has 1 heterocycles. The number of amides is 1. The van der Waals surface area contributed by atoms with E-state index in [0.717, 1.165) is 9.37 Å². The fraction of sp³-hybridized carbons (Fsp3) is 0.250. The van der Waals surface area contributed by atoms with E-state index in [-0.39, 0.29) is 24.3 Å². The van der Waals surface area contributed by atoms with E-state index in [1.807, 2.05) is 24.3 Å². The van der Waals surface area contributed by atoms with E-state index < -0.39 is 5.97 Å². The molecule has 0 unspecified atom stereocenters. The molecular weight excluding hydrogens is 382 g/mol. The lowest BCUT2D eigenvalue weighted by Crippen LogP contribution is -2.31. The summed E-state index contributed by atoms with van der Waals surface area (Å²) in [6.07, 6.45) is 1.54. The average Bonchev–Trinajstić information content (AvgIpc) is 3.07. The summed E-state index contributed by atoms with van der Waals surface area (Å²) in [5, 5.41) is 2.70. The highest BCUT2D eigenvalue weighted by molar-refractivity contribution is 9.10. The van der Waals surface area contributed by atoms with Gasteiger partial charge in [0.05, 0.1) is 18.1 Å². The molecule has 0 bridgehead atoms. The summed E-state index contributed by atoms with van der Waals surface area (Å²) >= 11 is 4.71. The van der Waals surface area contributed by atoms with E-state index >= 15 is 0 Å². The van der Waals surface area contributed by atoms with Crippen LogP contribution in [0.3, 0.4) is 0 Å².